The van der Waals surface area contributed by atoms with Gasteiger partial charge < -0.3 is 10.1 Å². The molecule has 1 aliphatic rings. The van der Waals surface area contributed by atoms with Crippen LogP contribution in [0.1, 0.15) is 48.7 Å². The van der Waals surface area contributed by atoms with Gasteiger partial charge in [-0.15, -0.1) is 11.3 Å². The van der Waals surface area contributed by atoms with Crippen LogP contribution in [0.25, 0.3) is 10.1 Å². The number of hydrogen-bond acceptors (Lipinski definition) is 5. The zero-order valence-corrected chi connectivity index (χ0v) is 16.0. The Balaban J connectivity index is 1.69. The first-order valence-corrected chi connectivity index (χ1v) is 9.76. The Morgan fingerprint density at radius 2 is 2.00 bits per heavy atom. The topological polar surface area (TPSA) is 79.2 Å². The van der Waals surface area contributed by atoms with Gasteiger partial charge in [0, 0.05) is 10.1 Å². The highest BCUT2D eigenvalue weighted by Crippen LogP contribution is 2.35. The van der Waals surface area contributed by atoms with Crippen molar-refractivity contribution in [1.82, 2.24) is 5.32 Å². The van der Waals surface area contributed by atoms with Gasteiger partial charge in [0.2, 0.25) is 0 Å². The lowest BCUT2D eigenvalue weighted by Gasteiger charge is -2.32. The van der Waals surface area contributed by atoms with E-state index in [4.69, 9.17) is 16.3 Å². The summed E-state index contributed by atoms with van der Waals surface area (Å²) in [5.74, 6) is -1.09. The average Bonchev–Trinajstić information content (AvgIpc) is 2.99. The Hall–Kier alpha value is -2.10. The van der Waals surface area contributed by atoms with Crippen LogP contribution in [-0.4, -0.2) is 23.5 Å². The summed E-state index contributed by atoms with van der Waals surface area (Å²) in [5.41, 5.74) is -0.856. The number of carbonyl (C=O) groups excluding carboxylic acids is 2. The minimum Gasteiger partial charge on any atom is -0.448 e. The van der Waals surface area contributed by atoms with Crippen LogP contribution >= 0.6 is 22.9 Å². The number of esters is 1. The molecule has 1 N–H and O–H groups in total. The number of halogens is 1. The van der Waals surface area contributed by atoms with E-state index in [1.165, 1.54) is 18.3 Å². The van der Waals surface area contributed by atoms with Crippen molar-refractivity contribution in [2.75, 3.05) is 0 Å². The number of nitrogens with zero attached hydrogens (tertiary/aromatic N) is 1. The molecule has 1 aromatic carbocycles. The Morgan fingerprint density at radius 1 is 1.31 bits per heavy atom. The number of nitrogens with one attached hydrogen (secondary N) is 1. The van der Waals surface area contributed by atoms with Gasteiger partial charge in [0.15, 0.2) is 6.10 Å². The van der Waals surface area contributed by atoms with Crippen molar-refractivity contribution in [3.63, 3.8) is 0 Å². The molecule has 2 aromatic rings. The monoisotopic (exact) mass is 390 g/mol. The number of carbonyl (C=O) groups is 2. The zero-order chi connectivity index (χ0) is 18.7. The number of thiophene rings is 1. The number of amides is 1. The van der Waals surface area contributed by atoms with E-state index >= 15 is 0 Å². The highest BCUT2D eigenvalue weighted by Gasteiger charge is 2.35. The van der Waals surface area contributed by atoms with Crippen LogP contribution in [-0.2, 0) is 9.53 Å². The molecule has 7 heteroatoms. The molecule has 0 saturated heterocycles. The Morgan fingerprint density at radius 3 is 2.65 bits per heavy atom. The third-order valence-corrected chi connectivity index (χ3v) is 6.31. The summed E-state index contributed by atoms with van der Waals surface area (Å²) in [4.78, 5) is 25.2. The predicted molar refractivity (Wildman–Crippen MR) is 101 cm³/mol. The predicted octanol–water partition coefficient (Wildman–Crippen LogP) is 4.44. The molecule has 136 valence electrons. The highest BCUT2D eigenvalue weighted by molar-refractivity contribution is 7.21. The fourth-order valence-corrected chi connectivity index (χ4v) is 4.56. The molecule has 3 rings (SSSR count). The highest BCUT2D eigenvalue weighted by atomic mass is 35.5. The van der Waals surface area contributed by atoms with Gasteiger partial charge in [-0.1, -0.05) is 49.1 Å². The van der Waals surface area contributed by atoms with Crippen LogP contribution in [0.15, 0.2) is 24.3 Å². The molecule has 1 fully saturated rings. The number of nitriles is 1. The van der Waals surface area contributed by atoms with E-state index in [2.05, 4.69) is 11.4 Å². The summed E-state index contributed by atoms with van der Waals surface area (Å²) >= 11 is 7.52. The van der Waals surface area contributed by atoms with Crippen molar-refractivity contribution in [2.24, 2.45) is 0 Å². The number of ether oxygens (including phenoxy) is 1. The molecule has 0 unspecified atom stereocenters. The molecule has 1 saturated carbocycles. The molecule has 1 heterocycles. The first kappa shape index (κ1) is 18.7. The number of hydrogen-bond donors (Lipinski definition) is 1. The van der Waals surface area contributed by atoms with E-state index < -0.39 is 23.5 Å². The molecule has 1 aliphatic carbocycles. The van der Waals surface area contributed by atoms with E-state index in [0.29, 0.717) is 17.9 Å². The third kappa shape index (κ3) is 3.69. The molecule has 1 amide bonds. The van der Waals surface area contributed by atoms with E-state index in [-0.39, 0.29) is 4.88 Å². The molecule has 0 spiro atoms. The standard InChI is InChI=1S/C19H19ClN2O3S/c1-12(17(23)22-19(11-21)9-5-2-6-10-19)25-18(24)16-15(20)13-7-3-4-8-14(13)26-16/h3-4,7-8,12H,2,5-6,9-10H2,1H3,(H,22,23)/t12-/m1/s1. The fourth-order valence-electron chi connectivity index (χ4n) is 3.17. The summed E-state index contributed by atoms with van der Waals surface area (Å²) in [6, 6.07) is 9.64. The normalized spacial score (nSPS) is 17.3. The minimum absolute atomic E-state index is 0.278. The zero-order valence-electron chi connectivity index (χ0n) is 14.4. The second kappa shape index (κ2) is 7.65. The van der Waals surface area contributed by atoms with Gasteiger partial charge in [0.1, 0.15) is 10.4 Å². The van der Waals surface area contributed by atoms with Crippen LogP contribution in [0, 0.1) is 11.3 Å². The molecule has 1 aromatic heterocycles. The lowest BCUT2D eigenvalue weighted by atomic mass is 9.83. The van der Waals surface area contributed by atoms with Crippen molar-refractivity contribution in [3.8, 4) is 6.07 Å². The van der Waals surface area contributed by atoms with Gasteiger partial charge in [-0.3, -0.25) is 4.79 Å². The van der Waals surface area contributed by atoms with Gasteiger partial charge >= 0.3 is 5.97 Å². The largest absolute Gasteiger partial charge is 0.448 e. The number of fused-ring (bicyclic) bond motifs is 1. The Labute approximate surface area is 160 Å². The van der Waals surface area contributed by atoms with Gasteiger partial charge in [-0.2, -0.15) is 5.26 Å². The molecule has 1 atom stereocenters. The molecule has 0 radical (unpaired) electrons. The summed E-state index contributed by atoms with van der Waals surface area (Å²) in [5, 5.41) is 13.4. The SMILES string of the molecule is C[C@@H](OC(=O)c1sc2ccccc2c1Cl)C(=O)NC1(C#N)CCCCC1. The maximum atomic E-state index is 12.5. The van der Waals surface area contributed by atoms with E-state index in [0.717, 1.165) is 29.3 Å². The lowest BCUT2D eigenvalue weighted by Crippen LogP contribution is -2.52. The third-order valence-electron chi connectivity index (χ3n) is 4.66. The van der Waals surface area contributed by atoms with E-state index in [1.54, 1.807) is 0 Å². The Kier molecular flexibility index (Phi) is 5.49. The Bertz CT molecular complexity index is 881. The smallest absolute Gasteiger partial charge is 0.350 e. The molecular weight excluding hydrogens is 372 g/mol. The summed E-state index contributed by atoms with van der Waals surface area (Å²) in [6.45, 7) is 1.50. The van der Waals surface area contributed by atoms with Gasteiger partial charge in [0.25, 0.3) is 5.91 Å². The van der Waals surface area contributed by atoms with Gasteiger partial charge in [-0.05, 0) is 25.8 Å². The van der Waals surface area contributed by atoms with Crippen molar-refractivity contribution < 1.29 is 14.3 Å². The summed E-state index contributed by atoms with van der Waals surface area (Å²) in [6.07, 6.45) is 3.11. The second-order valence-corrected chi connectivity index (χ2v) is 7.96. The molecular formula is C19H19ClN2O3S. The molecule has 0 bridgehead atoms. The molecule has 0 aliphatic heterocycles. The lowest BCUT2D eigenvalue weighted by molar-refractivity contribution is -0.130. The van der Waals surface area contributed by atoms with Gasteiger partial charge in [0.05, 0.1) is 11.1 Å². The van der Waals surface area contributed by atoms with Crippen molar-refractivity contribution >= 4 is 44.9 Å². The number of rotatable bonds is 4. The quantitative estimate of drug-likeness (QED) is 0.782. The first-order chi connectivity index (χ1) is 12.5. The van der Waals surface area contributed by atoms with Crippen LogP contribution in [0.4, 0.5) is 0 Å². The minimum atomic E-state index is -1.00. The van der Waals surface area contributed by atoms with Gasteiger partial charge in [-0.25, -0.2) is 4.79 Å². The van der Waals surface area contributed by atoms with Crippen molar-refractivity contribution in [2.45, 2.75) is 50.7 Å². The summed E-state index contributed by atoms with van der Waals surface area (Å²) < 4.78 is 6.19. The average molecular weight is 391 g/mol. The maximum Gasteiger partial charge on any atom is 0.350 e. The molecule has 26 heavy (non-hydrogen) atoms. The second-order valence-electron chi connectivity index (χ2n) is 6.53. The van der Waals surface area contributed by atoms with Crippen molar-refractivity contribution in [1.29, 1.82) is 5.26 Å². The van der Waals surface area contributed by atoms with Crippen LogP contribution in [0.5, 0.6) is 0 Å². The van der Waals surface area contributed by atoms with Crippen molar-refractivity contribution in [3.05, 3.63) is 34.2 Å². The van der Waals surface area contributed by atoms with E-state index in [1.807, 2.05) is 24.3 Å². The van der Waals surface area contributed by atoms with Crippen LogP contribution in [0.3, 0.4) is 0 Å². The van der Waals surface area contributed by atoms with E-state index in [9.17, 15) is 14.9 Å². The maximum absolute atomic E-state index is 12.5. The van der Waals surface area contributed by atoms with Crippen LogP contribution < -0.4 is 5.32 Å². The summed E-state index contributed by atoms with van der Waals surface area (Å²) in [7, 11) is 0. The fraction of sp³-hybridized carbons (Fsp3) is 0.421. The number of benzene rings is 1. The molecule has 5 nitrogen and oxygen atoms in total. The first-order valence-electron chi connectivity index (χ1n) is 8.57. The van der Waals surface area contributed by atoms with Crippen LogP contribution in [0.2, 0.25) is 5.02 Å².